The number of halogens is 1. The van der Waals surface area contributed by atoms with E-state index in [1.165, 1.54) is 24.3 Å². The normalized spacial score (nSPS) is 16.1. The first-order chi connectivity index (χ1) is 14.5. The molecule has 1 heterocycles. The predicted octanol–water partition coefficient (Wildman–Crippen LogP) is 3.46. The largest absolute Gasteiger partial charge is 0.352 e. The Hall–Kier alpha value is -3.22. The van der Waals surface area contributed by atoms with Crippen molar-refractivity contribution >= 4 is 23.4 Å². The van der Waals surface area contributed by atoms with Gasteiger partial charge in [-0.1, -0.05) is 19.1 Å². The lowest BCUT2D eigenvalue weighted by molar-refractivity contribution is -0.121. The van der Waals surface area contributed by atoms with Crippen molar-refractivity contribution in [2.75, 3.05) is 25.0 Å². The van der Waals surface area contributed by atoms with Crippen LogP contribution in [0.2, 0.25) is 0 Å². The number of carbonyl (C=O) groups excluding carboxylic acids is 3. The highest BCUT2D eigenvalue weighted by molar-refractivity contribution is 6.04. The third-order valence-corrected chi connectivity index (χ3v) is 5.14. The zero-order chi connectivity index (χ0) is 21.5. The van der Waals surface area contributed by atoms with E-state index >= 15 is 0 Å². The van der Waals surface area contributed by atoms with Crippen molar-refractivity contribution in [3.63, 3.8) is 0 Å². The average Bonchev–Trinajstić information content (AvgIpc) is 2.78. The molecule has 0 radical (unpaired) electrons. The van der Waals surface area contributed by atoms with Crippen LogP contribution in [0, 0.1) is 11.7 Å². The van der Waals surface area contributed by atoms with E-state index in [1.54, 1.807) is 29.2 Å². The molecule has 158 valence electrons. The molecule has 0 saturated carbocycles. The quantitative estimate of drug-likeness (QED) is 0.764. The molecule has 2 aromatic carbocycles. The number of hydrogen-bond donors (Lipinski definition) is 2. The number of benzene rings is 2. The van der Waals surface area contributed by atoms with Gasteiger partial charge in [-0.3, -0.25) is 14.4 Å². The number of hydrogen-bond acceptors (Lipinski definition) is 3. The standard InChI is InChI=1S/C23H26FN3O3/c1-2-13-25-22(29)19-7-3-4-8-20(19)26-21(28)17-6-5-14-27(15-17)23(30)16-9-11-18(24)12-10-16/h3-4,7-12,17H,2,5-6,13-15H2,1H3,(H,25,29)(H,26,28). The SMILES string of the molecule is CCCNC(=O)c1ccccc1NC(=O)C1CCCN(C(=O)c2ccc(F)cc2)C1. The van der Waals surface area contributed by atoms with Crippen LogP contribution in [0.1, 0.15) is 46.9 Å². The van der Waals surface area contributed by atoms with Crippen LogP contribution in [0.4, 0.5) is 10.1 Å². The number of para-hydroxylation sites is 1. The number of rotatable bonds is 6. The highest BCUT2D eigenvalue weighted by atomic mass is 19.1. The maximum absolute atomic E-state index is 13.1. The minimum absolute atomic E-state index is 0.216. The Bertz CT molecular complexity index is 914. The molecular formula is C23H26FN3O3. The van der Waals surface area contributed by atoms with Gasteiger partial charge < -0.3 is 15.5 Å². The maximum Gasteiger partial charge on any atom is 0.253 e. The van der Waals surface area contributed by atoms with E-state index in [0.29, 0.717) is 42.7 Å². The van der Waals surface area contributed by atoms with Crippen LogP contribution >= 0.6 is 0 Å². The molecule has 1 fully saturated rings. The van der Waals surface area contributed by atoms with Crippen molar-refractivity contribution < 1.29 is 18.8 Å². The molecule has 1 aliphatic rings. The van der Waals surface area contributed by atoms with Crippen LogP contribution in [0.15, 0.2) is 48.5 Å². The van der Waals surface area contributed by atoms with Crippen LogP contribution in [-0.2, 0) is 4.79 Å². The number of nitrogens with one attached hydrogen (secondary N) is 2. The lowest BCUT2D eigenvalue weighted by Crippen LogP contribution is -2.43. The highest BCUT2D eigenvalue weighted by Crippen LogP contribution is 2.22. The molecule has 7 heteroatoms. The van der Waals surface area contributed by atoms with Crippen molar-refractivity contribution in [2.24, 2.45) is 5.92 Å². The van der Waals surface area contributed by atoms with E-state index in [2.05, 4.69) is 10.6 Å². The number of anilines is 1. The van der Waals surface area contributed by atoms with E-state index in [4.69, 9.17) is 0 Å². The fourth-order valence-electron chi connectivity index (χ4n) is 3.51. The minimum atomic E-state index is -0.399. The Balaban J connectivity index is 1.67. The van der Waals surface area contributed by atoms with Gasteiger partial charge in [0.15, 0.2) is 0 Å². The lowest BCUT2D eigenvalue weighted by atomic mass is 9.96. The molecule has 0 aromatic heterocycles. The summed E-state index contributed by atoms with van der Waals surface area (Å²) in [5.41, 5.74) is 1.27. The monoisotopic (exact) mass is 411 g/mol. The first kappa shape index (κ1) is 21.5. The van der Waals surface area contributed by atoms with Crippen LogP contribution in [0.3, 0.4) is 0 Å². The fraction of sp³-hybridized carbons (Fsp3) is 0.348. The van der Waals surface area contributed by atoms with Gasteiger partial charge in [-0.05, 0) is 55.7 Å². The summed E-state index contributed by atoms with van der Waals surface area (Å²) in [6.45, 7) is 3.36. The van der Waals surface area contributed by atoms with Crippen LogP contribution in [0.25, 0.3) is 0 Å². The molecule has 1 aliphatic heterocycles. The second kappa shape index (κ2) is 10.0. The zero-order valence-corrected chi connectivity index (χ0v) is 17.0. The molecule has 0 aliphatic carbocycles. The van der Waals surface area contributed by atoms with Gasteiger partial charge in [-0.25, -0.2) is 4.39 Å². The molecular weight excluding hydrogens is 385 g/mol. The molecule has 0 spiro atoms. The van der Waals surface area contributed by atoms with E-state index in [9.17, 15) is 18.8 Å². The molecule has 30 heavy (non-hydrogen) atoms. The summed E-state index contributed by atoms with van der Waals surface area (Å²) in [6.07, 6.45) is 2.17. The summed E-state index contributed by atoms with van der Waals surface area (Å²) in [5, 5.41) is 5.67. The van der Waals surface area contributed by atoms with Crippen LogP contribution in [-0.4, -0.2) is 42.3 Å². The van der Waals surface area contributed by atoms with Crippen LogP contribution < -0.4 is 10.6 Å². The number of carbonyl (C=O) groups is 3. The van der Waals surface area contributed by atoms with E-state index in [0.717, 1.165) is 6.42 Å². The fourth-order valence-corrected chi connectivity index (χ4v) is 3.51. The molecule has 0 bridgehead atoms. The Morgan fingerprint density at radius 3 is 2.57 bits per heavy atom. The second-order valence-electron chi connectivity index (χ2n) is 7.39. The molecule has 2 N–H and O–H groups in total. The zero-order valence-electron chi connectivity index (χ0n) is 17.0. The summed E-state index contributed by atoms with van der Waals surface area (Å²) in [6, 6.07) is 12.3. The first-order valence-corrected chi connectivity index (χ1v) is 10.2. The van der Waals surface area contributed by atoms with Crippen molar-refractivity contribution in [3.8, 4) is 0 Å². The molecule has 1 atom stereocenters. The molecule has 1 saturated heterocycles. The van der Waals surface area contributed by atoms with Gasteiger partial charge in [0.25, 0.3) is 11.8 Å². The van der Waals surface area contributed by atoms with Crippen molar-refractivity contribution in [3.05, 3.63) is 65.5 Å². The number of likely N-dealkylation sites (tertiary alicyclic amines) is 1. The summed E-state index contributed by atoms with van der Waals surface area (Å²) in [7, 11) is 0. The highest BCUT2D eigenvalue weighted by Gasteiger charge is 2.29. The average molecular weight is 411 g/mol. The van der Waals surface area contributed by atoms with E-state index in [-0.39, 0.29) is 30.2 Å². The maximum atomic E-state index is 13.1. The Kier molecular flexibility index (Phi) is 7.17. The number of piperidine rings is 1. The molecule has 2 aromatic rings. The summed E-state index contributed by atoms with van der Waals surface area (Å²) in [5.74, 6) is -1.45. The van der Waals surface area contributed by atoms with Gasteiger partial charge in [0, 0.05) is 25.2 Å². The van der Waals surface area contributed by atoms with Gasteiger partial charge in [-0.2, -0.15) is 0 Å². The predicted molar refractivity (Wildman–Crippen MR) is 113 cm³/mol. The second-order valence-corrected chi connectivity index (χ2v) is 7.39. The van der Waals surface area contributed by atoms with Crippen molar-refractivity contribution in [2.45, 2.75) is 26.2 Å². The van der Waals surface area contributed by atoms with Gasteiger partial charge >= 0.3 is 0 Å². The lowest BCUT2D eigenvalue weighted by Gasteiger charge is -2.32. The summed E-state index contributed by atoms with van der Waals surface area (Å²) in [4.78, 5) is 39.6. The Morgan fingerprint density at radius 2 is 1.83 bits per heavy atom. The van der Waals surface area contributed by atoms with E-state index < -0.39 is 5.82 Å². The van der Waals surface area contributed by atoms with E-state index in [1.807, 2.05) is 6.92 Å². The van der Waals surface area contributed by atoms with Crippen molar-refractivity contribution in [1.29, 1.82) is 0 Å². The van der Waals surface area contributed by atoms with Crippen LogP contribution in [0.5, 0.6) is 0 Å². The van der Waals surface area contributed by atoms with Gasteiger partial charge in [0.2, 0.25) is 5.91 Å². The van der Waals surface area contributed by atoms with Crippen molar-refractivity contribution in [1.82, 2.24) is 10.2 Å². The summed E-state index contributed by atoms with van der Waals surface area (Å²) >= 11 is 0. The summed E-state index contributed by atoms with van der Waals surface area (Å²) < 4.78 is 13.1. The minimum Gasteiger partial charge on any atom is -0.352 e. The third kappa shape index (κ3) is 5.23. The van der Waals surface area contributed by atoms with Gasteiger partial charge in [-0.15, -0.1) is 0 Å². The molecule has 3 rings (SSSR count). The number of amides is 3. The van der Waals surface area contributed by atoms with Gasteiger partial charge in [0.05, 0.1) is 17.2 Å². The Labute approximate surface area is 175 Å². The topological polar surface area (TPSA) is 78.5 Å². The smallest absolute Gasteiger partial charge is 0.253 e. The first-order valence-electron chi connectivity index (χ1n) is 10.2. The Morgan fingerprint density at radius 1 is 1.10 bits per heavy atom. The molecule has 6 nitrogen and oxygen atoms in total. The molecule has 3 amide bonds. The third-order valence-electron chi connectivity index (χ3n) is 5.14. The number of nitrogens with zero attached hydrogens (tertiary/aromatic N) is 1. The van der Waals surface area contributed by atoms with Gasteiger partial charge in [0.1, 0.15) is 5.82 Å². The molecule has 1 unspecified atom stereocenters.